The van der Waals surface area contributed by atoms with Gasteiger partial charge in [-0.15, -0.1) is 0 Å². The Hall–Kier alpha value is -7.89. The molecular weight excluding hydrogens is 719 g/mol. The second-order valence-corrected chi connectivity index (χ2v) is 14.1. The van der Waals surface area contributed by atoms with Gasteiger partial charge in [0.25, 0.3) is 0 Å². The van der Waals surface area contributed by atoms with Crippen LogP contribution in [0.2, 0.25) is 0 Å². The summed E-state index contributed by atoms with van der Waals surface area (Å²) in [4.78, 5) is 24.9. The van der Waals surface area contributed by atoms with E-state index in [1.807, 2.05) is 116 Å². The number of benzene rings is 7. The van der Waals surface area contributed by atoms with E-state index in [0.717, 1.165) is 77.8 Å². The van der Waals surface area contributed by atoms with Crippen LogP contribution in [-0.2, 0) is 0 Å². The molecular formula is C54H39N5. The quantitative estimate of drug-likeness (QED) is 0.130. The Morgan fingerprint density at radius 2 is 0.898 bits per heavy atom. The van der Waals surface area contributed by atoms with E-state index in [9.17, 15) is 0 Å². The molecule has 59 heavy (non-hydrogen) atoms. The number of fused-ring (bicyclic) bond motifs is 1. The van der Waals surface area contributed by atoms with Crippen molar-refractivity contribution in [3.8, 4) is 67.8 Å². The average molecular weight is 758 g/mol. The van der Waals surface area contributed by atoms with Crippen LogP contribution in [0.15, 0.2) is 213 Å². The summed E-state index contributed by atoms with van der Waals surface area (Å²) < 4.78 is 0. The molecule has 0 aliphatic heterocycles. The Labute approximate surface area is 344 Å². The van der Waals surface area contributed by atoms with Gasteiger partial charge in [0.2, 0.25) is 0 Å². The van der Waals surface area contributed by atoms with Crippen LogP contribution in [0, 0.1) is 0 Å². The molecule has 0 N–H and O–H groups in total. The maximum atomic E-state index is 5.11. The molecule has 0 aliphatic rings. The third kappa shape index (κ3) is 7.91. The van der Waals surface area contributed by atoms with Crippen molar-refractivity contribution in [3.05, 3.63) is 224 Å². The van der Waals surface area contributed by atoms with Crippen molar-refractivity contribution in [1.29, 1.82) is 0 Å². The molecule has 0 spiro atoms. The zero-order valence-electron chi connectivity index (χ0n) is 32.6. The summed E-state index contributed by atoms with van der Waals surface area (Å²) in [7, 11) is 0. The van der Waals surface area contributed by atoms with Crippen molar-refractivity contribution in [2.75, 3.05) is 0 Å². The van der Waals surface area contributed by atoms with E-state index < -0.39 is 0 Å². The summed E-state index contributed by atoms with van der Waals surface area (Å²) in [6.45, 7) is 6.60. The highest BCUT2D eigenvalue weighted by molar-refractivity contribution is 6.05. The van der Waals surface area contributed by atoms with Crippen LogP contribution in [0.3, 0.4) is 0 Å². The van der Waals surface area contributed by atoms with Gasteiger partial charge in [0.15, 0.2) is 23.3 Å². The fourth-order valence-electron chi connectivity index (χ4n) is 7.28. The van der Waals surface area contributed by atoms with E-state index in [-0.39, 0.29) is 0 Å². The van der Waals surface area contributed by atoms with Gasteiger partial charge in [-0.1, -0.05) is 201 Å². The number of aromatic nitrogens is 5. The van der Waals surface area contributed by atoms with Crippen molar-refractivity contribution < 1.29 is 0 Å². The average Bonchev–Trinajstić information content (AvgIpc) is 3.32. The summed E-state index contributed by atoms with van der Waals surface area (Å²) >= 11 is 0. The van der Waals surface area contributed by atoms with Gasteiger partial charge in [-0.3, -0.25) is 0 Å². The van der Waals surface area contributed by atoms with Gasteiger partial charge in [0.05, 0.1) is 11.4 Å². The molecule has 0 radical (unpaired) electrons. The summed E-state index contributed by atoms with van der Waals surface area (Å²) in [6, 6.07) is 64.0. The number of nitrogens with zero attached hydrogens (tertiary/aromatic N) is 5. The van der Waals surface area contributed by atoms with Gasteiger partial charge in [-0.2, -0.15) is 0 Å². The van der Waals surface area contributed by atoms with E-state index >= 15 is 0 Å². The fourth-order valence-corrected chi connectivity index (χ4v) is 7.28. The van der Waals surface area contributed by atoms with Crippen LogP contribution in [0.1, 0.15) is 18.3 Å². The summed E-state index contributed by atoms with van der Waals surface area (Å²) in [5, 5.41) is 2.25. The van der Waals surface area contributed by atoms with Crippen LogP contribution < -0.4 is 0 Å². The number of hydrogen-bond donors (Lipinski definition) is 0. The van der Waals surface area contributed by atoms with Gasteiger partial charge >= 0.3 is 0 Å². The summed E-state index contributed by atoms with van der Waals surface area (Å²) in [5.74, 6) is 2.52. The molecule has 2 heterocycles. The van der Waals surface area contributed by atoms with E-state index in [1.54, 1.807) is 0 Å². The second kappa shape index (κ2) is 16.7. The van der Waals surface area contributed by atoms with E-state index in [4.69, 9.17) is 24.9 Å². The molecule has 9 aromatic rings. The third-order valence-corrected chi connectivity index (χ3v) is 10.3. The molecule has 0 saturated carbocycles. The Balaban J connectivity index is 1.09. The van der Waals surface area contributed by atoms with Crippen molar-refractivity contribution in [1.82, 2.24) is 24.9 Å². The zero-order chi connectivity index (χ0) is 40.0. The molecule has 2 aromatic heterocycles. The largest absolute Gasteiger partial charge is 0.228 e. The third-order valence-electron chi connectivity index (χ3n) is 10.3. The highest BCUT2D eigenvalue weighted by atomic mass is 15.0. The first-order valence-electron chi connectivity index (χ1n) is 19.6. The van der Waals surface area contributed by atoms with Crippen LogP contribution in [-0.4, -0.2) is 24.9 Å². The highest BCUT2D eigenvalue weighted by Gasteiger charge is 2.16. The predicted molar refractivity (Wildman–Crippen MR) is 244 cm³/mol. The van der Waals surface area contributed by atoms with Gasteiger partial charge in [0.1, 0.15) is 0 Å². The lowest BCUT2D eigenvalue weighted by Crippen LogP contribution is -2.02. The second-order valence-electron chi connectivity index (χ2n) is 14.1. The fraction of sp³-hybridized carbons (Fsp3) is 0.0185. The van der Waals surface area contributed by atoms with E-state index in [0.29, 0.717) is 23.3 Å². The molecule has 5 nitrogen and oxygen atoms in total. The maximum Gasteiger partial charge on any atom is 0.164 e. The molecule has 0 saturated heterocycles. The first kappa shape index (κ1) is 36.7. The van der Waals surface area contributed by atoms with Crippen molar-refractivity contribution >= 4 is 21.9 Å². The topological polar surface area (TPSA) is 64.5 Å². The molecule has 0 unspecified atom stereocenters. The zero-order valence-corrected chi connectivity index (χ0v) is 32.6. The molecule has 0 fully saturated rings. The minimum atomic E-state index is 0.593. The number of rotatable bonds is 10. The summed E-state index contributed by atoms with van der Waals surface area (Å²) in [5.41, 5.74) is 11.6. The minimum Gasteiger partial charge on any atom is -0.228 e. The standard InChI is InChI=1S/C54H39N5/c1-3-38(51-57-53(42-23-12-6-13-24-42)59-54(58-51)43-25-14-7-15-26-43)34-33-37(2)46-31-17-27-40-28-18-32-47(50(40)46)44-29-16-30-45(35-44)49-36-48(39-19-8-4-9-20-39)55-52(56-49)41-21-10-5-11-22-41/h3-36H,2H2,1H3/b34-33-,38-3+. The Morgan fingerprint density at radius 3 is 1.47 bits per heavy atom. The summed E-state index contributed by atoms with van der Waals surface area (Å²) in [6.07, 6.45) is 6.14. The van der Waals surface area contributed by atoms with Gasteiger partial charge in [0, 0.05) is 33.4 Å². The Kier molecular flexibility index (Phi) is 10.4. The molecule has 0 aliphatic carbocycles. The van der Waals surface area contributed by atoms with Gasteiger partial charge in [-0.05, 0) is 52.1 Å². The molecule has 280 valence electrons. The van der Waals surface area contributed by atoms with Crippen molar-refractivity contribution in [3.63, 3.8) is 0 Å². The minimum absolute atomic E-state index is 0.593. The molecule has 5 heteroatoms. The lowest BCUT2D eigenvalue weighted by molar-refractivity contribution is 1.04. The first-order chi connectivity index (χ1) is 29.1. The normalized spacial score (nSPS) is 11.6. The van der Waals surface area contributed by atoms with Crippen molar-refractivity contribution in [2.24, 2.45) is 0 Å². The Bertz CT molecular complexity index is 2870. The number of allylic oxidation sites excluding steroid dienone is 5. The van der Waals surface area contributed by atoms with Crippen LogP contribution in [0.4, 0.5) is 0 Å². The monoisotopic (exact) mass is 757 g/mol. The lowest BCUT2D eigenvalue weighted by Gasteiger charge is -2.14. The lowest BCUT2D eigenvalue weighted by atomic mass is 9.90. The van der Waals surface area contributed by atoms with Crippen molar-refractivity contribution in [2.45, 2.75) is 6.92 Å². The van der Waals surface area contributed by atoms with Crippen LogP contribution in [0.25, 0.3) is 89.7 Å². The van der Waals surface area contributed by atoms with Crippen LogP contribution >= 0.6 is 0 Å². The smallest absolute Gasteiger partial charge is 0.164 e. The van der Waals surface area contributed by atoms with E-state index in [1.165, 1.54) is 0 Å². The molecule has 0 atom stereocenters. The SMILES string of the molecule is C=C(/C=C\C(=C/C)c1nc(-c2ccccc2)nc(-c2ccccc2)n1)c1cccc2cccc(-c3cccc(-c4cc(-c5ccccc5)nc(-c5ccccc5)n4)c3)c12. The number of hydrogen-bond acceptors (Lipinski definition) is 5. The first-order valence-corrected chi connectivity index (χ1v) is 19.6. The van der Waals surface area contributed by atoms with Gasteiger partial charge in [-0.25, -0.2) is 24.9 Å². The Morgan fingerprint density at radius 1 is 0.424 bits per heavy atom. The highest BCUT2D eigenvalue weighted by Crippen LogP contribution is 2.37. The molecule has 7 aromatic carbocycles. The van der Waals surface area contributed by atoms with E-state index in [2.05, 4.69) is 104 Å². The molecule has 0 amide bonds. The van der Waals surface area contributed by atoms with Crippen LogP contribution in [0.5, 0.6) is 0 Å². The molecule has 9 rings (SSSR count). The van der Waals surface area contributed by atoms with Gasteiger partial charge < -0.3 is 0 Å². The maximum absolute atomic E-state index is 5.11. The predicted octanol–water partition coefficient (Wildman–Crippen LogP) is 13.5. The molecule has 0 bridgehead atoms.